The molecule has 0 aromatic rings. The van der Waals surface area contributed by atoms with E-state index in [2.05, 4.69) is 15.9 Å². The zero-order valence-electron chi connectivity index (χ0n) is 8.22. The third-order valence-corrected chi connectivity index (χ3v) is 3.37. The van der Waals surface area contributed by atoms with Crippen molar-refractivity contribution in [2.45, 2.75) is 42.5 Å². The van der Waals surface area contributed by atoms with Crippen LogP contribution in [0, 0.1) is 0 Å². The Morgan fingerprint density at radius 1 is 1.40 bits per heavy atom. The lowest BCUT2D eigenvalue weighted by Crippen LogP contribution is -2.72. The molecule has 1 aliphatic rings. The van der Waals surface area contributed by atoms with E-state index in [1.807, 2.05) is 0 Å². The Hall–Kier alpha value is -0.0500. The summed E-state index contributed by atoms with van der Waals surface area (Å²) < 4.78 is 2.41. The molecule has 6 nitrogen and oxygen atoms in total. The molecule has 5 atom stereocenters. The first-order valence-electron chi connectivity index (χ1n) is 4.33. The molecule has 1 rings (SSSR count). The van der Waals surface area contributed by atoms with Crippen molar-refractivity contribution in [3.63, 3.8) is 0 Å². The van der Waals surface area contributed by atoms with Crippen LogP contribution >= 0.6 is 15.9 Å². The predicted octanol–water partition coefficient (Wildman–Crippen LogP) is -1.51. The van der Waals surface area contributed by atoms with Crippen molar-refractivity contribution in [3.8, 4) is 0 Å². The van der Waals surface area contributed by atoms with E-state index in [0.29, 0.717) is 0 Å². The highest BCUT2D eigenvalue weighted by Gasteiger charge is 2.64. The molecule has 1 saturated heterocycles. The number of aliphatic hydroxyl groups is 4. The number of halogens is 1. The highest BCUT2D eigenvalue weighted by atomic mass is 79.9. The van der Waals surface area contributed by atoms with E-state index in [9.17, 15) is 25.2 Å². The van der Waals surface area contributed by atoms with Gasteiger partial charge in [-0.1, -0.05) is 0 Å². The van der Waals surface area contributed by atoms with Gasteiger partial charge in [-0.2, -0.15) is 0 Å². The van der Waals surface area contributed by atoms with Crippen LogP contribution in [0.2, 0.25) is 0 Å². The van der Waals surface area contributed by atoms with Crippen LogP contribution in [-0.2, 0) is 9.53 Å². The normalized spacial score (nSPS) is 51.5. The molecule has 0 radical (unpaired) electrons. The minimum Gasteiger partial charge on any atom is -0.388 e. The fraction of sp³-hybridized carbons (Fsp3) is 0.875. The summed E-state index contributed by atoms with van der Waals surface area (Å²) in [7, 11) is 0. The van der Waals surface area contributed by atoms with E-state index >= 15 is 0 Å². The van der Waals surface area contributed by atoms with Crippen LogP contribution in [0.4, 0.5) is 0 Å². The zero-order chi connectivity index (χ0) is 12.0. The lowest BCUT2D eigenvalue weighted by Gasteiger charge is -2.48. The van der Waals surface area contributed by atoms with E-state index < -0.39 is 34.4 Å². The zero-order valence-corrected chi connectivity index (χ0v) is 9.80. The number of carbonyl (C=O) groups excluding carboxylic acids is 1. The van der Waals surface area contributed by atoms with Gasteiger partial charge in [0.15, 0.2) is 5.78 Å². The second kappa shape index (κ2) is 3.76. The summed E-state index contributed by atoms with van der Waals surface area (Å²) in [6.07, 6.45) is -4.22. The van der Waals surface area contributed by atoms with Gasteiger partial charge in [0.2, 0.25) is 5.60 Å². The monoisotopic (exact) mass is 284 g/mol. The highest BCUT2D eigenvalue weighted by Crippen LogP contribution is 2.41. The molecule has 88 valence electrons. The van der Waals surface area contributed by atoms with E-state index in [4.69, 9.17) is 4.74 Å². The van der Waals surface area contributed by atoms with E-state index in [1.54, 1.807) is 0 Å². The minimum atomic E-state index is -2.60. The standard InChI is InChI=1S/C8H13BrO6/c1-3-5(11)6(12)7(13,4(2)10)8(9,14)15-3/h3,5-6,11-14H,1-2H3/t3-,5-,6+,7+,8?/m0/s1. The third kappa shape index (κ3) is 1.73. The average Bonchev–Trinajstić information content (AvgIpc) is 2.10. The SMILES string of the molecule is CC(=O)[C@@]1(O)[C@H](O)[C@@H](O)[C@H](C)OC1(O)Br. The van der Waals surface area contributed by atoms with Gasteiger partial charge in [0.05, 0.1) is 6.10 Å². The van der Waals surface area contributed by atoms with Crippen LogP contribution in [0.25, 0.3) is 0 Å². The molecular formula is C8H13BrO6. The molecule has 0 bridgehead atoms. The predicted molar refractivity (Wildman–Crippen MR) is 52.1 cm³/mol. The van der Waals surface area contributed by atoms with Crippen molar-refractivity contribution in [3.05, 3.63) is 0 Å². The van der Waals surface area contributed by atoms with Gasteiger partial charge in [0, 0.05) is 0 Å². The van der Waals surface area contributed by atoms with Gasteiger partial charge in [-0.25, -0.2) is 0 Å². The molecular weight excluding hydrogens is 272 g/mol. The molecule has 0 spiro atoms. The first-order valence-corrected chi connectivity index (χ1v) is 5.12. The summed E-state index contributed by atoms with van der Waals surface area (Å²) in [6, 6.07) is 0. The van der Waals surface area contributed by atoms with Crippen molar-refractivity contribution < 1.29 is 30.0 Å². The van der Waals surface area contributed by atoms with Crippen molar-refractivity contribution in [2.75, 3.05) is 0 Å². The second-order valence-electron chi connectivity index (χ2n) is 3.64. The smallest absolute Gasteiger partial charge is 0.264 e. The molecule has 0 amide bonds. The Bertz CT molecular complexity index is 280. The molecule has 0 aromatic carbocycles. The first-order chi connectivity index (χ1) is 6.64. The summed E-state index contributed by atoms with van der Waals surface area (Å²) in [4.78, 5) is 11.2. The van der Waals surface area contributed by atoms with Gasteiger partial charge >= 0.3 is 0 Å². The average molecular weight is 285 g/mol. The Morgan fingerprint density at radius 2 is 1.87 bits per heavy atom. The van der Waals surface area contributed by atoms with E-state index in [0.717, 1.165) is 6.92 Å². The fourth-order valence-corrected chi connectivity index (χ4v) is 2.33. The maximum absolute atomic E-state index is 11.2. The number of alkyl halides is 1. The van der Waals surface area contributed by atoms with Gasteiger partial charge in [-0.05, 0) is 29.8 Å². The Balaban J connectivity index is 3.17. The lowest BCUT2D eigenvalue weighted by atomic mass is 9.84. The Labute approximate surface area is 94.6 Å². The summed E-state index contributed by atoms with van der Waals surface area (Å²) >= 11 is 2.62. The summed E-state index contributed by atoms with van der Waals surface area (Å²) in [5, 5.41) is 38.6. The van der Waals surface area contributed by atoms with Crippen molar-refractivity contribution in [1.82, 2.24) is 0 Å². The second-order valence-corrected chi connectivity index (χ2v) is 4.72. The summed E-state index contributed by atoms with van der Waals surface area (Å²) in [5.41, 5.74) is -2.60. The van der Waals surface area contributed by atoms with Crippen LogP contribution < -0.4 is 0 Å². The number of aliphatic hydroxyl groups excluding tert-OH is 2. The third-order valence-electron chi connectivity index (χ3n) is 2.58. The number of ketones is 1. The van der Waals surface area contributed by atoms with Crippen LogP contribution in [0.15, 0.2) is 0 Å². The molecule has 7 heteroatoms. The van der Waals surface area contributed by atoms with Crippen LogP contribution in [0.5, 0.6) is 0 Å². The lowest BCUT2D eigenvalue weighted by molar-refractivity contribution is -0.324. The van der Waals surface area contributed by atoms with Crippen molar-refractivity contribution in [2.24, 2.45) is 0 Å². The van der Waals surface area contributed by atoms with Gasteiger partial charge in [0.25, 0.3) is 4.70 Å². The van der Waals surface area contributed by atoms with E-state index in [1.165, 1.54) is 6.92 Å². The van der Waals surface area contributed by atoms with Gasteiger partial charge < -0.3 is 25.2 Å². The van der Waals surface area contributed by atoms with Crippen LogP contribution in [0.3, 0.4) is 0 Å². The van der Waals surface area contributed by atoms with Gasteiger partial charge in [-0.3, -0.25) is 4.79 Å². The maximum atomic E-state index is 11.2. The largest absolute Gasteiger partial charge is 0.388 e. The minimum absolute atomic E-state index is 0.916. The molecule has 0 aliphatic carbocycles. The number of hydrogen-bond donors (Lipinski definition) is 4. The molecule has 1 heterocycles. The maximum Gasteiger partial charge on any atom is 0.264 e. The molecule has 15 heavy (non-hydrogen) atoms. The van der Waals surface area contributed by atoms with Crippen molar-refractivity contribution in [1.29, 1.82) is 0 Å². The van der Waals surface area contributed by atoms with Crippen molar-refractivity contribution >= 4 is 21.7 Å². The highest BCUT2D eigenvalue weighted by molar-refractivity contribution is 9.10. The van der Waals surface area contributed by atoms with Gasteiger partial charge in [-0.15, -0.1) is 0 Å². The number of carbonyl (C=O) groups is 1. The number of hydrogen-bond acceptors (Lipinski definition) is 6. The Morgan fingerprint density at radius 3 is 2.27 bits per heavy atom. The fourth-order valence-electron chi connectivity index (χ4n) is 1.52. The Kier molecular flexibility index (Phi) is 3.26. The van der Waals surface area contributed by atoms with E-state index in [-0.39, 0.29) is 0 Å². The number of Topliss-reactive ketones (excluding diaryl/α,β-unsaturated/α-hetero) is 1. The van der Waals surface area contributed by atoms with Gasteiger partial charge in [0.1, 0.15) is 12.2 Å². The number of rotatable bonds is 1. The topological polar surface area (TPSA) is 107 Å². The van der Waals surface area contributed by atoms with Crippen LogP contribution in [0.1, 0.15) is 13.8 Å². The molecule has 4 N–H and O–H groups in total. The molecule has 1 aliphatic heterocycles. The summed E-state index contributed by atoms with van der Waals surface area (Å²) in [5.74, 6) is -0.916. The quantitative estimate of drug-likeness (QED) is 0.436. The molecule has 1 unspecified atom stereocenters. The number of ether oxygens (including phenoxy) is 1. The van der Waals surface area contributed by atoms with Crippen LogP contribution in [-0.4, -0.2) is 54.8 Å². The molecule has 0 aromatic heterocycles. The molecule has 1 fully saturated rings. The molecule has 0 saturated carbocycles. The first kappa shape index (κ1) is 13.0. The summed E-state index contributed by atoms with van der Waals surface area (Å²) in [6.45, 7) is 2.36.